The Balaban J connectivity index is 2.98. The van der Waals surface area contributed by atoms with Crippen molar-refractivity contribution in [2.24, 2.45) is 0 Å². The molecule has 1 aromatic rings. The fraction of sp³-hybridized carbons (Fsp3) is 0.143. The summed E-state index contributed by atoms with van der Waals surface area (Å²) in [4.78, 5) is 0. The lowest BCUT2D eigenvalue weighted by Crippen LogP contribution is -2.26. The highest BCUT2D eigenvalue weighted by Crippen LogP contribution is 2.32. The van der Waals surface area contributed by atoms with Crippen molar-refractivity contribution in [1.82, 2.24) is 5.34 Å². The maximum absolute atomic E-state index is 12.5. The van der Waals surface area contributed by atoms with Gasteiger partial charge in [-0.05, 0) is 0 Å². The lowest BCUT2D eigenvalue weighted by atomic mass is 10.2. The predicted octanol–water partition coefficient (Wildman–Crippen LogP) is 2.81. The van der Waals surface area contributed by atoms with Crippen LogP contribution in [0.3, 0.4) is 0 Å². The summed E-state index contributed by atoms with van der Waals surface area (Å²) in [5, 5.41) is -2.11. The van der Waals surface area contributed by atoms with Crippen LogP contribution in [0.1, 0.15) is 5.56 Å². The fourth-order valence-corrected chi connectivity index (χ4v) is 0.736. The van der Waals surface area contributed by atoms with E-state index in [-0.39, 0.29) is 0 Å². The van der Waals surface area contributed by atoms with Crippen LogP contribution in [0.15, 0.2) is 30.3 Å². The largest absolute Gasteiger partial charge is 0.384 e. The lowest BCUT2D eigenvalue weighted by Gasteiger charge is -2.15. The monoisotopic (exact) mass is 179 g/mol. The van der Waals surface area contributed by atoms with E-state index in [9.17, 15) is 17.7 Å². The summed E-state index contributed by atoms with van der Waals surface area (Å²) in [5.41, 5.74) is -0.727. The summed E-state index contributed by atoms with van der Waals surface area (Å²) in [5.74, 6) is 0. The van der Waals surface area contributed by atoms with Crippen LogP contribution < -0.4 is 0 Å². The Hall–Kier alpha value is -1.10. The Labute approximate surface area is 66.1 Å². The van der Waals surface area contributed by atoms with Gasteiger partial charge in [0.1, 0.15) is 0 Å². The summed E-state index contributed by atoms with van der Waals surface area (Å²) < 4.78 is 48.1. The van der Waals surface area contributed by atoms with Gasteiger partial charge >= 0.3 is 6.05 Å². The second-order valence-corrected chi connectivity index (χ2v) is 2.14. The molecule has 12 heavy (non-hydrogen) atoms. The molecule has 0 radical (unpaired) electrons. The molecule has 1 nitrogen and oxygen atoms in total. The number of rotatable bonds is 2. The number of alkyl halides is 2. The third-order valence-electron chi connectivity index (χ3n) is 1.33. The molecule has 0 spiro atoms. The van der Waals surface area contributed by atoms with E-state index in [4.69, 9.17) is 0 Å². The van der Waals surface area contributed by atoms with Crippen molar-refractivity contribution in [3.05, 3.63) is 35.9 Å². The van der Waals surface area contributed by atoms with Gasteiger partial charge in [0.25, 0.3) is 0 Å². The third-order valence-corrected chi connectivity index (χ3v) is 1.33. The van der Waals surface area contributed by atoms with E-state index >= 15 is 0 Å². The molecule has 0 fully saturated rings. The minimum Gasteiger partial charge on any atom is -0.178 e. The maximum Gasteiger partial charge on any atom is 0.384 e. The van der Waals surface area contributed by atoms with E-state index in [2.05, 4.69) is 0 Å². The molecule has 0 saturated carbocycles. The molecule has 0 amide bonds. The highest BCUT2D eigenvalue weighted by atomic mass is 19.4. The fourth-order valence-electron chi connectivity index (χ4n) is 0.736. The van der Waals surface area contributed by atoms with Crippen LogP contribution in [0, 0.1) is 0 Å². The molecule has 1 rings (SSSR count). The second-order valence-electron chi connectivity index (χ2n) is 2.14. The molecule has 0 heterocycles. The number of nitrogens with zero attached hydrogens (tertiary/aromatic N) is 1. The van der Waals surface area contributed by atoms with Crippen molar-refractivity contribution in [1.29, 1.82) is 0 Å². The van der Waals surface area contributed by atoms with Gasteiger partial charge in [0.2, 0.25) is 0 Å². The molecule has 0 saturated heterocycles. The molecule has 0 unspecified atom stereocenters. The topological polar surface area (TPSA) is 3.24 Å². The minimum absolute atomic E-state index is 0.727. The molecule has 0 aromatic heterocycles. The SMILES string of the molecule is FN(F)C(F)(F)c1ccccc1. The van der Waals surface area contributed by atoms with Crippen molar-refractivity contribution < 1.29 is 17.7 Å². The number of halogens is 4. The van der Waals surface area contributed by atoms with Crippen LogP contribution in [-0.4, -0.2) is 5.34 Å². The molecular weight excluding hydrogens is 174 g/mol. The standard InChI is InChI=1S/C7H5F4N/c8-7(9,12(10)11)6-4-2-1-3-5-6/h1-5H. The number of hydrogen-bond donors (Lipinski definition) is 0. The first-order valence-electron chi connectivity index (χ1n) is 3.10. The summed E-state index contributed by atoms with van der Waals surface area (Å²) in [6.07, 6.45) is 0. The highest BCUT2D eigenvalue weighted by Gasteiger charge is 2.41. The molecule has 0 aliphatic rings. The van der Waals surface area contributed by atoms with Crippen LogP contribution in [-0.2, 0) is 6.05 Å². The van der Waals surface area contributed by atoms with Crippen LogP contribution in [0.2, 0.25) is 0 Å². The molecule has 5 heteroatoms. The predicted molar refractivity (Wildman–Crippen MR) is 34.4 cm³/mol. The lowest BCUT2D eigenvalue weighted by molar-refractivity contribution is -0.340. The molecule has 0 N–H and O–H groups in total. The van der Waals surface area contributed by atoms with E-state index in [0.717, 1.165) is 12.1 Å². The van der Waals surface area contributed by atoms with Gasteiger partial charge in [0.15, 0.2) is 0 Å². The van der Waals surface area contributed by atoms with Crippen molar-refractivity contribution in [2.75, 3.05) is 0 Å². The van der Waals surface area contributed by atoms with Gasteiger partial charge < -0.3 is 0 Å². The number of hydrogen-bond acceptors (Lipinski definition) is 1. The van der Waals surface area contributed by atoms with E-state index in [0.29, 0.717) is 0 Å². The summed E-state index contributed by atoms with van der Waals surface area (Å²) in [6.45, 7) is 0. The first kappa shape index (κ1) is 8.99. The van der Waals surface area contributed by atoms with Gasteiger partial charge in [-0.1, -0.05) is 39.3 Å². The quantitative estimate of drug-likeness (QED) is 0.383. The average Bonchev–Trinajstić information content (AvgIpc) is 2.06. The molecule has 0 bridgehead atoms. The highest BCUT2D eigenvalue weighted by molar-refractivity contribution is 5.18. The summed E-state index contributed by atoms with van der Waals surface area (Å²) in [6, 6.07) is 1.68. The summed E-state index contributed by atoms with van der Waals surface area (Å²) >= 11 is 0. The molecular formula is C7H5F4N. The Morgan fingerprint density at radius 2 is 1.50 bits per heavy atom. The van der Waals surface area contributed by atoms with Gasteiger partial charge in [-0.25, -0.2) is 0 Å². The van der Waals surface area contributed by atoms with Gasteiger partial charge in [0, 0.05) is 5.56 Å². The first-order chi connectivity index (χ1) is 5.55. The van der Waals surface area contributed by atoms with Crippen LogP contribution in [0.25, 0.3) is 0 Å². The smallest absolute Gasteiger partial charge is 0.178 e. The molecule has 66 valence electrons. The molecule has 0 aliphatic heterocycles. The van der Waals surface area contributed by atoms with E-state index in [1.54, 1.807) is 0 Å². The minimum atomic E-state index is -4.21. The Kier molecular flexibility index (Phi) is 2.32. The Morgan fingerprint density at radius 3 is 1.92 bits per heavy atom. The molecule has 1 aromatic carbocycles. The zero-order valence-corrected chi connectivity index (χ0v) is 5.85. The normalized spacial score (nSPS) is 12.1. The number of benzene rings is 1. The van der Waals surface area contributed by atoms with Gasteiger partial charge in [-0.2, -0.15) is 8.78 Å². The molecule has 0 atom stereocenters. The van der Waals surface area contributed by atoms with E-state index in [1.165, 1.54) is 18.2 Å². The maximum atomic E-state index is 12.5. The zero-order chi connectivity index (χ0) is 9.19. The Morgan fingerprint density at radius 1 is 1.00 bits per heavy atom. The van der Waals surface area contributed by atoms with Crippen LogP contribution in [0.4, 0.5) is 17.7 Å². The van der Waals surface area contributed by atoms with Crippen LogP contribution in [0.5, 0.6) is 0 Å². The van der Waals surface area contributed by atoms with Gasteiger partial charge in [-0.15, -0.1) is 0 Å². The van der Waals surface area contributed by atoms with Crippen molar-refractivity contribution in [3.8, 4) is 0 Å². The zero-order valence-electron chi connectivity index (χ0n) is 5.85. The van der Waals surface area contributed by atoms with E-state index < -0.39 is 17.0 Å². The third kappa shape index (κ3) is 1.55. The molecule has 0 aliphatic carbocycles. The van der Waals surface area contributed by atoms with Gasteiger partial charge in [0.05, 0.1) is 5.34 Å². The van der Waals surface area contributed by atoms with Crippen molar-refractivity contribution in [3.63, 3.8) is 0 Å². The van der Waals surface area contributed by atoms with Crippen molar-refractivity contribution in [2.45, 2.75) is 6.05 Å². The van der Waals surface area contributed by atoms with E-state index in [1.807, 2.05) is 0 Å². The summed E-state index contributed by atoms with van der Waals surface area (Å²) in [7, 11) is 0. The second kappa shape index (κ2) is 3.10. The van der Waals surface area contributed by atoms with Crippen LogP contribution >= 0.6 is 0 Å². The first-order valence-corrected chi connectivity index (χ1v) is 3.10. The van der Waals surface area contributed by atoms with Crippen molar-refractivity contribution >= 4 is 0 Å². The van der Waals surface area contributed by atoms with Gasteiger partial charge in [-0.3, -0.25) is 0 Å². The average molecular weight is 179 g/mol. The Bertz CT molecular complexity index is 247.